The average molecular weight is 265 g/mol. The molecule has 0 amide bonds. The first-order valence-corrected chi connectivity index (χ1v) is 7.03. The molecule has 0 aliphatic heterocycles. The number of hydrogen-bond donors (Lipinski definition) is 1. The third kappa shape index (κ3) is 5.11. The molecule has 0 bridgehead atoms. The van der Waals surface area contributed by atoms with Gasteiger partial charge in [-0.3, -0.25) is 0 Å². The second-order valence-corrected chi connectivity index (χ2v) is 5.32. The van der Waals surface area contributed by atoms with E-state index in [-0.39, 0.29) is 6.04 Å². The second kappa shape index (κ2) is 8.05. The minimum absolute atomic E-state index is 0.261. The van der Waals surface area contributed by atoms with Crippen molar-refractivity contribution in [3.05, 3.63) is 23.8 Å². The molecule has 0 spiro atoms. The number of rotatable bonds is 8. The monoisotopic (exact) mass is 265 g/mol. The van der Waals surface area contributed by atoms with Crippen molar-refractivity contribution in [3.8, 4) is 11.5 Å². The van der Waals surface area contributed by atoms with Crippen LogP contribution in [0.5, 0.6) is 11.5 Å². The van der Waals surface area contributed by atoms with Gasteiger partial charge in [0.15, 0.2) is 0 Å². The molecule has 1 atom stereocenters. The number of methoxy groups -OCH3 is 2. The lowest BCUT2D eigenvalue weighted by molar-refractivity contribution is 0.390. The van der Waals surface area contributed by atoms with Crippen LogP contribution in [0.25, 0.3) is 0 Å². The Morgan fingerprint density at radius 1 is 1.11 bits per heavy atom. The van der Waals surface area contributed by atoms with Gasteiger partial charge >= 0.3 is 0 Å². The van der Waals surface area contributed by atoms with E-state index in [0.29, 0.717) is 0 Å². The van der Waals surface area contributed by atoms with E-state index in [0.717, 1.165) is 29.5 Å². The average Bonchev–Trinajstić information content (AvgIpc) is 2.42. The summed E-state index contributed by atoms with van der Waals surface area (Å²) in [7, 11) is 3.39. The van der Waals surface area contributed by atoms with Crippen LogP contribution >= 0.6 is 0 Å². The van der Waals surface area contributed by atoms with E-state index < -0.39 is 0 Å². The lowest BCUT2D eigenvalue weighted by Crippen LogP contribution is -2.20. The molecule has 1 N–H and O–H groups in total. The van der Waals surface area contributed by atoms with E-state index in [1.54, 1.807) is 14.2 Å². The van der Waals surface area contributed by atoms with Crippen LogP contribution in [0.2, 0.25) is 0 Å². The molecular weight excluding hydrogens is 238 g/mol. The quantitative estimate of drug-likeness (QED) is 0.725. The highest BCUT2D eigenvalue weighted by atomic mass is 16.5. The summed E-state index contributed by atoms with van der Waals surface area (Å²) >= 11 is 0. The molecule has 0 aromatic heterocycles. The van der Waals surface area contributed by atoms with Crippen molar-refractivity contribution in [2.45, 2.75) is 39.7 Å². The van der Waals surface area contributed by atoms with Crippen molar-refractivity contribution < 1.29 is 9.47 Å². The van der Waals surface area contributed by atoms with Crippen molar-refractivity contribution in [1.29, 1.82) is 0 Å². The number of ether oxygens (including phenoxy) is 2. The fourth-order valence-corrected chi connectivity index (χ4v) is 2.12. The van der Waals surface area contributed by atoms with Gasteiger partial charge < -0.3 is 14.8 Å². The largest absolute Gasteiger partial charge is 0.497 e. The molecule has 0 heterocycles. The van der Waals surface area contributed by atoms with Crippen LogP contribution in [0.15, 0.2) is 18.2 Å². The van der Waals surface area contributed by atoms with Crippen LogP contribution in [-0.2, 0) is 0 Å². The molecule has 0 fully saturated rings. The highest BCUT2D eigenvalue weighted by Crippen LogP contribution is 2.29. The predicted molar refractivity (Wildman–Crippen MR) is 80.0 cm³/mol. The lowest BCUT2D eigenvalue weighted by atomic mass is 10.1. The summed E-state index contributed by atoms with van der Waals surface area (Å²) < 4.78 is 10.7. The third-order valence-corrected chi connectivity index (χ3v) is 3.31. The highest BCUT2D eigenvalue weighted by molar-refractivity contribution is 5.42. The minimum atomic E-state index is 0.261. The Morgan fingerprint density at radius 2 is 1.84 bits per heavy atom. The van der Waals surface area contributed by atoms with Gasteiger partial charge in [0.2, 0.25) is 0 Å². The van der Waals surface area contributed by atoms with Crippen LogP contribution in [0, 0.1) is 5.92 Å². The lowest BCUT2D eigenvalue weighted by Gasteiger charge is -2.18. The molecular formula is C16H27NO2. The highest BCUT2D eigenvalue weighted by Gasteiger charge is 2.12. The van der Waals surface area contributed by atoms with E-state index in [2.05, 4.69) is 26.1 Å². The fraction of sp³-hybridized carbons (Fsp3) is 0.625. The molecule has 0 saturated carbocycles. The van der Waals surface area contributed by atoms with Gasteiger partial charge in [-0.2, -0.15) is 0 Å². The van der Waals surface area contributed by atoms with Crippen LogP contribution < -0.4 is 14.8 Å². The molecule has 3 heteroatoms. The molecule has 3 nitrogen and oxygen atoms in total. The van der Waals surface area contributed by atoms with E-state index in [4.69, 9.17) is 9.47 Å². The Kier molecular flexibility index (Phi) is 6.71. The predicted octanol–water partition coefficient (Wildman–Crippen LogP) is 3.79. The first kappa shape index (κ1) is 15.8. The molecule has 1 aromatic rings. The van der Waals surface area contributed by atoms with Crippen molar-refractivity contribution >= 4 is 0 Å². The van der Waals surface area contributed by atoms with Gasteiger partial charge in [0.05, 0.1) is 14.2 Å². The number of nitrogens with one attached hydrogen (secondary N) is 1. The standard InChI is InChI=1S/C16H27NO2/c1-12(2)7-6-10-17-13(3)15-11-14(18-4)8-9-16(15)19-5/h8-9,11-13,17H,6-7,10H2,1-5H3. The maximum absolute atomic E-state index is 5.41. The second-order valence-electron chi connectivity index (χ2n) is 5.32. The third-order valence-electron chi connectivity index (χ3n) is 3.31. The number of hydrogen-bond acceptors (Lipinski definition) is 3. The zero-order valence-corrected chi connectivity index (χ0v) is 12.8. The van der Waals surface area contributed by atoms with Gasteiger partial charge in [-0.05, 0) is 50.4 Å². The summed E-state index contributed by atoms with van der Waals surface area (Å²) in [5.74, 6) is 2.54. The molecule has 0 saturated heterocycles. The van der Waals surface area contributed by atoms with E-state index in [1.165, 1.54) is 12.8 Å². The van der Waals surface area contributed by atoms with Gasteiger partial charge in [-0.25, -0.2) is 0 Å². The maximum Gasteiger partial charge on any atom is 0.123 e. The minimum Gasteiger partial charge on any atom is -0.497 e. The Morgan fingerprint density at radius 3 is 2.42 bits per heavy atom. The normalized spacial score (nSPS) is 12.5. The molecule has 0 aliphatic rings. The maximum atomic E-state index is 5.41. The first-order valence-electron chi connectivity index (χ1n) is 7.03. The summed E-state index contributed by atoms with van der Waals surface area (Å²) in [5.41, 5.74) is 1.14. The Balaban J connectivity index is 2.61. The van der Waals surface area contributed by atoms with Gasteiger partial charge in [-0.15, -0.1) is 0 Å². The summed E-state index contributed by atoms with van der Waals surface area (Å²) in [5, 5.41) is 3.54. The molecule has 19 heavy (non-hydrogen) atoms. The van der Waals surface area contributed by atoms with E-state index >= 15 is 0 Å². The summed E-state index contributed by atoms with van der Waals surface area (Å²) in [6, 6.07) is 6.19. The Labute approximate surface area is 117 Å². The molecule has 1 aromatic carbocycles. The van der Waals surface area contributed by atoms with Gasteiger partial charge in [-0.1, -0.05) is 13.8 Å². The van der Waals surface area contributed by atoms with Crippen LogP contribution in [0.1, 0.15) is 45.2 Å². The Bertz CT molecular complexity index is 377. The summed E-state index contributed by atoms with van der Waals surface area (Å²) in [4.78, 5) is 0. The van der Waals surface area contributed by atoms with E-state index in [9.17, 15) is 0 Å². The summed E-state index contributed by atoms with van der Waals surface area (Å²) in [6.07, 6.45) is 2.46. The van der Waals surface area contributed by atoms with Crippen LogP contribution in [0.3, 0.4) is 0 Å². The summed E-state index contributed by atoms with van der Waals surface area (Å²) in [6.45, 7) is 7.70. The topological polar surface area (TPSA) is 30.5 Å². The zero-order valence-electron chi connectivity index (χ0n) is 12.8. The van der Waals surface area contributed by atoms with Gasteiger partial charge in [0.1, 0.15) is 11.5 Å². The zero-order chi connectivity index (χ0) is 14.3. The Hall–Kier alpha value is -1.22. The SMILES string of the molecule is COc1ccc(OC)c(C(C)NCCCC(C)C)c1. The fourth-order valence-electron chi connectivity index (χ4n) is 2.12. The van der Waals surface area contributed by atoms with Crippen LogP contribution in [-0.4, -0.2) is 20.8 Å². The van der Waals surface area contributed by atoms with E-state index in [1.807, 2.05) is 18.2 Å². The number of benzene rings is 1. The molecule has 1 rings (SSSR count). The molecule has 0 radical (unpaired) electrons. The molecule has 108 valence electrons. The van der Waals surface area contributed by atoms with Crippen molar-refractivity contribution in [2.24, 2.45) is 5.92 Å². The van der Waals surface area contributed by atoms with Gasteiger partial charge in [0.25, 0.3) is 0 Å². The molecule has 0 aliphatic carbocycles. The van der Waals surface area contributed by atoms with Crippen molar-refractivity contribution in [1.82, 2.24) is 5.32 Å². The van der Waals surface area contributed by atoms with Crippen molar-refractivity contribution in [2.75, 3.05) is 20.8 Å². The van der Waals surface area contributed by atoms with Crippen molar-refractivity contribution in [3.63, 3.8) is 0 Å². The van der Waals surface area contributed by atoms with Crippen LogP contribution in [0.4, 0.5) is 0 Å². The van der Waals surface area contributed by atoms with Gasteiger partial charge in [0, 0.05) is 11.6 Å². The molecule has 1 unspecified atom stereocenters. The first-order chi connectivity index (χ1) is 9.08. The smallest absolute Gasteiger partial charge is 0.123 e.